The van der Waals surface area contributed by atoms with Gasteiger partial charge >= 0.3 is 13.3 Å². The summed E-state index contributed by atoms with van der Waals surface area (Å²) in [6.45, 7) is 5.63. The lowest BCUT2D eigenvalue weighted by molar-refractivity contribution is 0.229. The maximum atomic E-state index is 12.8. The van der Waals surface area contributed by atoms with Crippen molar-refractivity contribution in [2.45, 2.75) is 20.8 Å². The predicted molar refractivity (Wildman–Crippen MR) is 81.6 cm³/mol. The van der Waals surface area contributed by atoms with Crippen molar-refractivity contribution in [2.24, 2.45) is 0 Å². The number of hydrogen-bond acceptors (Lipinski definition) is 4. The molecule has 0 amide bonds. The van der Waals surface area contributed by atoms with Gasteiger partial charge in [0.15, 0.2) is 5.44 Å². The molecule has 0 aliphatic heterocycles. The number of imidazole rings is 1. The molecule has 0 saturated heterocycles. The van der Waals surface area contributed by atoms with Crippen LogP contribution in [0.2, 0.25) is 0 Å². The fraction of sp³-hybridized carbons (Fsp3) is 0.357. The summed E-state index contributed by atoms with van der Waals surface area (Å²) in [7, 11) is -3.51. The van der Waals surface area contributed by atoms with Crippen LogP contribution in [0, 0.1) is 6.92 Å². The molecule has 7 heteroatoms. The third-order valence-corrected chi connectivity index (χ3v) is 5.17. The van der Waals surface area contributed by atoms with E-state index in [1.54, 1.807) is 32.9 Å². The molecular weight excluding hydrogens is 291 g/mol. The molecule has 21 heavy (non-hydrogen) atoms. The summed E-state index contributed by atoms with van der Waals surface area (Å²) in [6, 6.07) is 9.14. The maximum absolute atomic E-state index is 12.8. The van der Waals surface area contributed by atoms with Crippen molar-refractivity contribution in [1.29, 1.82) is 0 Å². The molecule has 0 bridgehead atoms. The number of hydrogen-bond donors (Lipinski definition) is 1. The summed E-state index contributed by atoms with van der Waals surface area (Å²) < 4.78 is 24.8. The van der Waals surface area contributed by atoms with Crippen molar-refractivity contribution < 1.29 is 13.6 Å². The van der Waals surface area contributed by atoms with Gasteiger partial charge in [-0.3, -0.25) is 14.1 Å². The predicted octanol–water partition coefficient (Wildman–Crippen LogP) is 2.37. The van der Waals surface area contributed by atoms with E-state index < -0.39 is 7.60 Å². The number of H-pyrrole nitrogens is 1. The van der Waals surface area contributed by atoms with Gasteiger partial charge in [-0.1, -0.05) is 18.2 Å². The lowest BCUT2D eigenvalue weighted by Crippen LogP contribution is -2.16. The minimum absolute atomic E-state index is 0.208. The lowest BCUT2D eigenvalue weighted by Gasteiger charge is -2.16. The quantitative estimate of drug-likeness (QED) is 0.831. The molecule has 2 rings (SSSR count). The van der Waals surface area contributed by atoms with Crippen molar-refractivity contribution in [1.82, 2.24) is 9.55 Å². The number of nitrogens with one attached hydrogen (secondary N) is 1. The average Bonchev–Trinajstić information content (AvgIpc) is 2.76. The Hall–Kier alpha value is -1.62. The van der Waals surface area contributed by atoms with E-state index in [4.69, 9.17) is 9.05 Å². The van der Waals surface area contributed by atoms with Crippen LogP contribution in [-0.4, -0.2) is 22.8 Å². The van der Waals surface area contributed by atoms with Crippen LogP contribution in [0.15, 0.2) is 35.1 Å². The molecule has 2 aromatic rings. The first-order valence-corrected chi connectivity index (χ1v) is 8.34. The summed E-state index contributed by atoms with van der Waals surface area (Å²) in [5.74, 6) is 0. The van der Waals surface area contributed by atoms with Gasteiger partial charge in [-0.25, -0.2) is 4.79 Å². The van der Waals surface area contributed by atoms with Crippen LogP contribution in [0.5, 0.6) is 0 Å². The third kappa shape index (κ3) is 3.02. The van der Waals surface area contributed by atoms with E-state index in [9.17, 15) is 9.36 Å². The number of benzene rings is 1. The highest BCUT2D eigenvalue weighted by atomic mass is 31.2. The molecule has 0 aliphatic carbocycles. The zero-order valence-electron chi connectivity index (χ0n) is 12.3. The van der Waals surface area contributed by atoms with Gasteiger partial charge in [0.2, 0.25) is 0 Å². The summed E-state index contributed by atoms with van der Waals surface area (Å²) in [5.41, 5.74) is 1.06. The van der Waals surface area contributed by atoms with Gasteiger partial charge in [-0.05, 0) is 32.9 Å². The average molecular weight is 310 g/mol. The number of aromatic nitrogens is 2. The van der Waals surface area contributed by atoms with Crippen molar-refractivity contribution in [3.05, 3.63) is 46.5 Å². The van der Waals surface area contributed by atoms with Crippen LogP contribution in [0.4, 0.5) is 0 Å². The van der Waals surface area contributed by atoms with E-state index in [0.29, 0.717) is 11.4 Å². The largest absolute Gasteiger partial charge is 0.379 e. The second-order valence-electron chi connectivity index (χ2n) is 4.37. The molecule has 0 atom stereocenters. The molecule has 1 heterocycles. The highest BCUT2D eigenvalue weighted by molar-refractivity contribution is 7.62. The molecule has 0 fully saturated rings. The summed E-state index contributed by atoms with van der Waals surface area (Å²) in [6.07, 6.45) is 0. The zero-order chi connectivity index (χ0) is 15.5. The first kappa shape index (κ1) is 15.8. The standard InChI is InChI=1S/C14H19N2O4P/c1-4-19-21(18,20-5-2)13-11(3)16(14(17)15-13)12-9-7-6-8-10-12/h6-10H,4-5H2,1-3H3,(H,15,17). The van der Waals surface area contributed by atoms with Crippen LogP contribution in [0.1, 0.15) is 19.5 Å². The Bertz CT molecular complexity index is 696. The summed E-state index contributed by atoms with van der Waals surface area (Å²) in [5, 5.41) is 0. The molecule has 114 valence electrons. The van der Waals surface area contributed by atoms with E-state index in [-0.39, 0.29) is 24.3 Å². The molecule has 1 aromatic carbocycles. The van der Waals surface area contributed by atoms with Crippen molar-refractivity contribution in [2.75, 3.05) is 13.2 Å². The van der Waals surface area contributed by atoms with Crippen LogP contribution >= 0.6 is 7.60 Å². The fourth-order valence-electron chi connectivity index (χ4n) is 2.17. The van der Waals surface area contributed by atoms with Gasteiger partial charge in [-0.2, -0.15) is 0 Å². The van der Waals surface area contributed by atoms with Crippen molar-refractivity contribution >= 4 is 13.0 Å². The van der Waals surface area contributed by atoms with Crippen LogP contribution in [0.25, 0.3) is 5.69 Å². The minimum Gasteiger partial charge on any atom is -0.304 e. The van der Waals surface area contributed by atoms with Crippen molar-refractivity contribution in [3.8, 4) is 5.69 Å². The third-order valence-electron chi connectivity index (χ3n) is 2.99. The number of para-hydroxylation sites is 1. The number of rotatable bonds is 6. The monoisotopic (exact) mass is 310 g/mol. The van der Waals surface area contributed by atoms with E-state index in [2.05, 4.69) is 4.98 Å². The first-order chi connectivity index (χ1) is 10.0. The van der Waals surface area contributed by atoms with Crippen LogP contribution in [-0.2, 0) is 13.6 Å². The van der Waals surface area contributed by atoms with Gasteiger partial charge in [0.25, 0.3) is 0 Å². The molecular formula is C14H19N2O4P. The normalized spacial score (nSPS) is 11.8. The SMILES string of the molecule is CCOP(=O)(OCC)c1[nH]c(=O)n(-c2ccccc2)c1C. The second kappa shape index (κ2) is 6.43. The molecule has 0 spiro atoms. The molecule has 0 unspecified atom stereocenters. The molecule has 1 aromatic heterocycles. The van der Waals surface area contributed by atoms with Gasteiger partial charge < -0.3 is 9.05 Å². The van der Waals surface area contributed by atoms with Crippen molar-refractivity contribution in [3.63, 3.8) is 0 Å². The Kier molecular flexibility index (Phi) is 4.83. The van der Waals surface area contributed by atoms with Gasteiger partial charge in [0.1, 0.15) is 0 Å². The van der Waals surface area contributed by atoms with Crippen LogP contribution < -0.4 is 11.1 Å². The second-order valence-corrected chi connectivity index (χ2v) is 6.33. The maximum Gasteiger partial charge on any atom is 0.379 e. The van der Waals surface area contributed by atoms with Crippen LogP contribution in [0.3, 0.4) is 0 Å². The smallest absolute Gasteiger partial charge is 0.304 e. The molecule has 0 saturated carbocycles. The number of nitrogens with zero attached hydrogens (tertiary/aromatic N) is 1. The highest BCUT2D eigenvalue weighted by Crippen LogP contribution is 2.46. The van der Waals surface area contributed by atoms with E-state index in [0.717, 1.165) is 0 Å². The Morgan fingerprint density at radius 1 is 1.14 bits per heavy atom. The fourth-order valence-corrected chi connectivity index (χ4v) is 3.91. The van der Waals surface area contributed by atoms with E-state index in [1.807, 2.05) is 18.2 Å². The number of aromatic amines is 1. The van der Waals surface area contributed by atoms with E-state index in [1.165, 1.54) is 4.57 Å². The molecule has 0 radical (unpaired) electrons. The lowest BCUT2D eigenvalue weighted by atomic mass is 10.3. The highest BCUT2D eigenvalue weighted by Gasteiger charge is 2.32. The first-order valence-electron chi connectivity index (χ1n) is 6.80. The molecule has 1 N–H and O–H groups in total. The molecule has 6 nitrogen and oxygen atoms in total. The molecule has 0 aliphatic rings. The summed E-state index contributed by atoms with van der Waals surface area (Å²) in [4.78, 5) is 14.8. The Labute approximate surface area is 123 Å². The summed E-state index contributed by atoms with van der Waals surface area (Å²) >= 11 is 0. The Morgan fingerprint density at radius 3 is 2.24 bits per heavy atom. The minimum atomic E-state index is -3.51. The van der Waals surface area contributed by atoms with Gasteiger partial charge in [-0.15, -0.1) is 0 Å². The topological polar surface area (TPSA) is 73.3 Å². The Balaban J connectivity index is 2.58. The van der Waals surface area contributed by atoms with Gasteiger partial charge in [0, 0.05) is 0 Å². The zero-order valence-corrected chi connectivity index (χ0v) is 13.2. The van der Waals surface area contributed by atoms with Gasteiger partial charge in [0.05, 0.1) is 24.6 Å². The van der Waals surface area contributed by atoms with E-state index >= 15 is 0 Å². The Morgan fingerprint density at radius 2 is 1.71 bits per heavy atom.